The fourth-order valence-corrected chi connectivity index (χ4v) is 3.47. The van der Waals surface area contributed by atoms with Crippen molar-refractivity contribution in [3.63, 3.8) is 0 Å². The number of carbonyl (C=O) groups is 2. The normalized spacial score (nSPS) is 11.0. The van der Waals surface area contributed by atoms with Crippen molar-refractivity contribution in [2.45, 2.75) is 13.3 Å². The number of nitrogens with zero attached hydrogens (tertiary/aromatic N) is 1. The number of carboxylic acid groups (broad SMARTS) is 1. The Hall–Kier alpha value is -2.67. The number of carboxylic acids is 1. The molecule has 0 aliphatic heterocycles. The van der Waals surface area contributed by atoms with Crippen LogP contribution < -0.4 is 4.74 Å². The van der Waals surface area contributed by atoms with Gasteiger partial charge in [-0.05, 0) is 36.1 Å². The summed E-state index contributed by atoms with van der Waals surface area (Å²) in [7, 11) is 1.34. The van der Waals surface area contributed by atoms with Gasteiger partial charge in [0.15, 0.2) is 11.6 Å². The number of methoxy groups -OCH3 is 1. The molecule has 0 spiro atoms. The zero-order chi connectivity index (χ0) is 17.4. The van der Waals surface area contributed by atoms with Crippen molar-refractivity contribution >= 4 is 34.1 Å². The van der Waals surface area contributed by atoms with E-state index in [2.05, 4.69) is 0 Å². The van der Waals surface area contributed by atoms with Gasteiger partial charge in [0.1, 0.15) is 0 Å². The lowest BCUT2D eigenvalue weighted by Crippen LogP contribution is -2.12. The monoisotopic (exact) mass is 347 g/mol. The number of aromatic nitrogens is 1. The number of halogens is 1. The maximum absolute atomic E-state index is 14.7. The van der Waals surface area contributed by atoms with Crippen LogP contribution in [0.25, 0.3) is 10.9 Å². The molecule has 5 nitrogen and oxygen atoms in total. The van der Waals surface area contributed by atoms with E-state index in [0.29, 0.717) is 16.1 Å². The van der Waals surface area contributed by atoms with Gasteiger partial charge in [-0.15, -0.1) is 11.3 Å². The van der Waals surface area contributed by atoms with Crippen LogP contribution in [0, 0.1) is 12.7 Å². The number of carbonyl (C=O) groups excluding carboxylic acids is 1. The Balaban J connectivity index is 2.34. The molecule has 0 amide bonds. The molecule has 2 aromatic heterocycles. The molecular formula is C17H14FNO4S. The zero-order valence-electron chi connectivity index (χ0n) is 13.0. The summed E-state index contributed by atoms with van der Waals surface area (Å²) in [5.74, 6) is -2.06. The Labute approximate surface area is 140 Å². The number of benzene rings is 1. The van der Waals surface area contributed by atoms with Crippen LogP contribution in [-0.2, 0) is 11.2 Å². The van der Waals surface area contributed by atoms with Crippen molar-refractivity contribution in [2.75, 3.05) is 7.11 Å². The average molecular weight is 347 g/mol. The molecule has 0 aliphatic rings. The first-order valence-corrected chi connectivity index (χ1v) is 8.00. The number of aliphatic carboxylic acids is 1. The first kappa shape index (κ1) is 16.2. The number of ether oxygens (including phenoxy) is 1. The summed E-state index contributed by atoms with van der Waals surface area (Å²) in [6, 6.07) is 6.43. The van der Waals surface area contributed by atoms with Crippen molar-refractivity contribution < 1.29 is 23.8 Å². The largest absolute Gasteiger partial charge is 0.494 e. The molecule has 0 aliphatic carbocycles. The van der Waals surface area contributed by atoms with E-state index < -0.39 is 11.8 Å². The van der Waals surface area contributed by atoms with Crippen LogP contribution in [0.15, 0.2) is 29.6 Å². The van der Waals surface area contributed by atoms with Crippen LogP contribution in [0.4, 0.5) is 4.39 Å². The second-order valence-electron chi connectivity index (χ2n) is 5.23. The summed E-state index contributed by atoms with van der Waals surface area (Å²) in [6.45, 7) is 1.62. The van der Waals surface area contributed by atoms with E-state index in [4.69, 9.17) is 9.84 Å². The summed E-state index contributed by atoms with van der Waals surface area (Å²) in [6.07, 6.45) is -0.378. The van der Waals surface area contributed by atoms with Crippen LogP contribution in [0.3, 0.4) is 0 Å². The van der Waals surface area contributed by atoms with Crippen molar-refractivity contribution in [3.8, 4) is 5.75 Å². The lowest BCUT2D eigenvalue weighted by molar-refractivity contribution is -0.136. The fraction of sp³-hybridized carbons (Fsp3) is 0.176. The number of thiophene rings is 1. The molecule has 124 valence electrons. The predicted molar refractivity (Wildman–Crippen MR) is 88.6 cm³/mol. The molecule has 0 fully saturated rings. The van der Waals surface area contributed by atoms with Gasteiger partial charge in [-0.2, -0.15) is 0 Å². The first-order chi connectivity index (χ1) is 11.5. The van der Waals surface area contributed by atoms with Gasteiger partial charge in [0.25, 0.3) is 5.91 Å². The molecule has 1 N–H and O–H groups in total. The number of hydrogen-bond acceptors (Lipinski definition) is 4. The molecular weight excluding hydrogens is 333 g/mol. The number of hydrogen-bond donors (Lipinski definition) is 1. The third-order valence-corrected chi connectivity index (χ3v) is 4.74. The second-order valence-corrected chi connectivity index (χ2v) is 6.18. The van der Waals surface area contributed by atoms with E-state index in [1.54, 1.807) is 30.5 Å². The fourth-order valence-electron chi connectivity index (χ4n) is 2.81. The van der Waals surface area contributed by atoms with Crippen LogP contribution in [0.5, 0.6) is 5.75 Å². The maximum atomic E-state index is 14.7. The molecule has 3 rings (SSSR count). The molecule has 24 heavy (non-hydrogen) atoms. The minimum Gasteiger partial charge on any atom is -0.494 e. The van der Waals surface area contributed by atoms with Crippen LogP contribution >= 0.6 is 11.3 Å². The highest BCUT2D eigenvalue weighted by Gasteiger charge is 2.25. The summed E-state index contributed by atoms with van der Waals surface area (Å²) >= 11 is 1.27. The Morgan fingerprint density at radius 2 is 2.08 bits per heavy atom. The van der Waals surface area contributed by atoms with E-state index in [-0.39, 0.29) is 29.0 Å². The Morgan fingerprint density at radius 1 is 1.33 bits per heavy atom. The molecule has 3 aromatic rings. The SMILES string of the molecule is COc1ccc2c(c1F)c(CC(=O)O)c(C)n2C(=O)c1cccs1. The molecule has 0 unspecified atom stereocenters. The molecule has 0 saturated heterocycles. The van der Waals surface area contributed by atoms with E-state index in [1.165, 1.54) is 29.1 Å². The van der Waals surface area contributed by atoms with Gasteiger partial charge in [-0.25, -0.2) is 4.39 Å². The second kappa shape index (κ2) is 6.09. The molecule has 0 radical (unpaired) electrons. The summed E-state index contributed by atoms with van der Waals surface area (Å²) in [5, 5.41) is 11.0. The van der Waals surface area contributed by atoms with Gasteiger partial charge in [-0.3, -0.25) is 14.2 Å². The van der Waals surface area contributed by atoms with Crippen LogP contribution in [-0.4, -0.2) is 28.7 Å². The number of rotatable bonds is 4. The third-order valence-electron chi connectivity index (χ3n) is 3.88. The average Bonchev–Trinajstić information content (AvgIpc) is 3.15. The van der Waals surface area contributed by atoms with Gasteiger partial charge in [0.2, 0.25) is 0 Å². The molecule has 7 heteroatoms. The van der Waals surface area contributed by atoms with Crippen molar-refractivity contribution in [2.24, 2.45) is 0 Å². The predicted octanol–water partition coefficient (Wildman–Crippen LogP) is 3.47. The lowest BCUT2D eigenvalue weighted by Gasteiger charge is -2.06. The minimum atomic E-state index is -1.09. The smallest absolute Gasteiger partial charge is 0.307 e. The summed E-state index contributed by atoms with van der Waals surface area (Å²) in [4.78, 5) is 24.5. The quantitative estimate of drug-likeness (QED) is 0.785. The lowest BCUT2D eigenvalue weighted by atomic mass is 10.1. The van der Waals surface area contributed by atoms with Crippen molar-refractivity contribution in [1.82, 2.24) is 4.57 Å². The van der Waals surface area contributed by atoms with Crippen molar-refractivity contribution in [3.05, 3.63) is 51.6 Å². The molecule has 0 bridgehead atoms. The van der Waals surface area contributed by atoms with E-state index >= 15 is 0 Å². The van der Waals surface area contributed by atoms with Crippen molar-refractivity contribution in [1.29, 1.82) is 0 Å². The van der Waals surface area contributed by atoms with Gasteiger partial charge in [0, 0.05) is 11.1 Å². The van der Waals surface area contributed by atoms with Gasteiger partial charge in [0.05, 0.1) is 23.9 Å². The highest BCUT2D eigenvalue weighted by molar-refractivity contribution is 7.12. The molecule has 1 aromatic carbocycles. The Kier molecular flexibility index (Phi) is 4.11. The number of fused-ring (bicyclic) bond motifs is 1. The van der Waals surface area contributed by atoms with Crippen LogP contribution in [0.1, 0.15) is 20.9 Å². The highest BCUT2D eigenvalue weighted by Crippen LogP contribution is 2.34. The van der Waals surface area contributed by atoms with Crippen LogP contribution in [0.2, 0.25) is 0 Å². The van der Waals surface area contributed by atoms with Gasteiger partial charge < -0.3 is 9.84 Å². The molecule has 2 heterocycles. The maximum Gasteiger partial charge on any atom is 0.307 e. The van der Waals surface area contributed by atoms with Gasteiger partial charge in [-0.1, -0.05) is 6.07 Å². The first-order valence-electron chi connectivity index (χ1n) is 7.12. The van der Waals surface area contributed by atoms with E-state index in [9.17, 15) is 14.0 Å². The summed E-state index contributed by atoms with van der Waals surface area (Å²) < 4.78 is 21.1. The molecule has 0 saturated carbocycles. The zero-order valence-corrected chi connectivity index (χ0v) is 13.8. The Morgan fingerprint density at radius 3 is 2.67 bits per heavy atom. The third kappa shape index (κ3) is 2.46. The van der Waals surface area contributed by atoms with Gasteiger partial charge >= 0.3 is 5.97 Å². The minimum absolute atomic E-state index is 0.00913. The standard InChI is InChI=1S/C17H14FNO4S/c1-9-10(8-14(20)21)15-11(5-6-12(23-2)16(15)18)19(9)17(22)13-4-3-7-24-13/h3-7H,8H2,1-2H3,(H,20,21). The topological polar surface area (TPSA) is 68.5 Å². The van der Waals surface area contributed by atoms with E-state index in [1.807, 2.05) is 0 Å². The highest BCUT2D eigenvalue weighted by atomic mass is 32.1. The molecule has 0 atom stereocenters. The Bertz CT molecular complexity index is 944. The van der Waals surface area contributed by atoms with E-state index in [0.717, 1.165) is 0 Å². The summed E-state index contributed by atoms with van der Waals surface area (Å²) in [5.41, 5.74) is 1.03.